The molecule has 4 nitrogen and oxygen atoms in total. The lowest BCUT2D eigenvalue weighted by atomic mass is 10.0. The molecule has 104 valence electrons. The van der Waals surface area contributed by atoms with Gasteiger partial charge in [-0.25, -0.2) is 8.42 Å². The summed E-state index contributed by atoms with van der Waals surface area (Å²) in [6, 6.07) is 4.02. The monoisotopic (exact) mass is 281 g/mol. The maximum Gasteiger partial charge on any atom is 0.228 e. The molecular formula is C14H19NO3S. The van der Waals surface area contributed by atoms with E-state index in [2.05, 4.69) is 5.32 Å². The number of sulfone groups is 1. The normalized spacial score (nSPS) is 21.3. The van der Waals surface area contributed by atoms with Gasteiger partial charge < -0.3 is 5.32 Å². The van der Waals surface area contributed by atoms with E-state index in [4.69, 9.17) is 0 Å². The van der Waals surface area contributed by atoms with Crippen LogP contribution in [-0.4, -0.2) is 25.8 Å². The molecule has 1 saturated heterocycles. The van der Waals surface area contributed by atoms with Crippen LogP contribution in [0.15, 0.2) is 12.1 Å². The molecule has 1 amide bonds. The number of nitrogens with one attached hydrogen (secondary N) is 1. The van der Waals surface area contributed by atoms with Gasteiger partial charge in [0.15, 0.2) is 9.84 Å². The van der Waals surface area contributed by atoms with Gasteiger partial charge in [0.25, 0.3) is 0 Å². The van der Waals surface area contributed by atoms with Crippen molar-refractivity contribution >= 4 is 21.4 Å². The van der Waals surface area contributed by atoms with E-state index in [1.807, 2.05) is 32.9 Å². The van der Waals surface area contributed by atoms with Crippen LogP contribution in [0.4, 0.5) is 5.69 Å². The minimum atomic E-state index is -3.02. The quantitative estimate of drug-likeness (QED) is 0.901. The van der Waals surface area contributed by atoms with E-state index in [9.17, 15) is 13.2 Å². The van der Waals surface area contributed by atoms with Crippen molar-refractivity contribution in [2.75, 3.05) is 16.8 Å². The van der Waals surface area contributed by atoms with E-state index in [0.29, 0.717) is 6.42 Å². The van der Waals surface area contributed by atoms with Gasteiger partial charge in [0.05, 0.1) is 17.4 Å². The minimum Gasteiger partial charge on any atom is -0.325 e. The average molecular weight is 281 g/mol. The van der Waals surface area contributed by atoms with E-state index in [1.165, 1.54) is 0 Å². The molecule has 0 unspecified atom stereocenters. The standard InChI is InChI=1S/C14H19NO3S/c1-9-6-10(2)13(11(3)7-9)15-14(16)12-4-5-19(17,18)8-12/h6-7,12H,4-5,8H2,1-3H3,(H,15,16)/t12-/m0/s1. The molecule has 1 N–H and O–H groups in total. The first-order valence-electron chi connectivity index (χ1n) is 6.37. The number of carbonyl (C=O) groups is 1. The summed E-state index contributed by atoms with van der Waals surface area (Å²) in [6.45, 7) is 5.90. The summed E-state index contributed by atoms with van der Waals surface area (Å²) in [6.07, 6.45) is 0.429. The van der Waals surface area contributed by atoms with Gasteiger partial charge in [-0.2, -0.15) is 0 Å². The van der Waals surface area contributed by atoms with E-state index in [-0.39, 0.29) is 17.4 Å². The zero-order valence-corrected chi connectivity index (χ0v) is 12.3. The fraction of sp³-hybridized carbons (Fsp3) is 0.500. The molecule has 1 heterocycles. The van der Waals surface area contributed by atoms with Gasteiger partial charge in [-0.3, -0.25) is 4.79 Å². The number of carbonyl (C=O) groups excluding carboxylic acids is 1. The van der Waals surface area contributed by atoms with Crippen molar-refractivity contribution in [1.29, 1.82) is 0 Å². The van der Waals surface area contributed by atoms with Gasteiger partial charge in [0.2, 0.25) is 5.91 Å². The highest BCUT2D eigenvalue weighted by Gasteiger charge is 2.33. The van der Waals surface area contributed by atoms with Crippen molar-refractivity contribution in [3.63, 3.8) is 0 Å². The first kappa shape index (κ1) is 14.1. The number of benzene rings is 1. The van der Waals surface area contributed by atoms with Crippen LogP contribution in [0.5, 0.6) is 0 Å². The number of amides is 1. The van der Waals surface area contributed by atoms with Gasteiger partial charge in [0.1, 0.15) is 0 Å². The first-order valence-corrected chi connectivity index (χ1v) is 8.20. The van der Waals surface area contributed by atoms with Gasteiger partial charge in [-0.15, -0.1) is 0 Å². The summed E-state index contributed by atoms with van der Waals surface area (Å²) in [5, 5.41) is 2.88. The molecule has 19 heavy (non-hydrogen) atoms. The van der Waals surface area contributed by atoms with Crippen LogP contribution in [-0.2, 0) is 14.6 Å². The van der Waals surface area contributed by atoms with E-state index < -0.39 is 15.8 Å². The topological polar surface area (TPSA) is 63.2 Å². The summed E-state index contributed by atoms with van der Waals surface area (Å²) in [5.41, 5.74) is 3.97. The van der Waals surface area contributed by atoms with Gasteiger partial charge >= 0.3 is 0 Å². The molecule has 1 fully saturated rings. The predicted octanol–water partition coefficient (Wildman–Crippen LogP) is 1.99. The lowest BCUT2D eigenvalue weighted by Crippen LogP contribution is -2.24. The Balaban J connectivity index is 2.16. The van der Waals surface area contributed by atoms with Crippen molar-refractivity contribution in [3.8, 4) is 0 Å². The van der Waals surface area contributed by atoms with Crippen LogP contribution in [0.3, 0.4) is 0 Å². The second-order valence-corrected chi connectivity index (χ2v) is 7.59. The Morgan fingerprint density at radius 2 is 1.79 bits per heavy atom. The second-order valence-electron chi connectivity index (χ2n) is 5.36. The Labute approximate surface area is 114 Å². The van der Waals surface area contributed by atoms with E-state index >= 15 is 0 Å². The van der Waals surface area contributed by atoms with Crippen LogP contribution in [0.1, 0.15) is 23.1 Å². The molecule has 1 aliphatic rings. The third-order valence-electron chi connectivity index (χ3n) is 3.53. The summed E-state index contributed by atoms with van der Waals surface area (Å²) >= 11 is 0. The maximum absolute atomic E-state index is 12.1. The molecule has 1 aromatic rings. The van der Waals surface area contributed by atoms with E-state index in [1.54, 1.807) is 0 Å². The molecule has 0 spiro atoms. The van der Waals surface area contributed by atoms with Crippen molar-refractivity contribution < 1.29 is 13.2 Å². The molecule has 0 aliphatic carbocycles. The SMILES string of the molecule is Cc1cc(C)c(NC(=O)[C@H]2CCS(=O)(=O)C2)c(C)c1. The fourth-order valence-corrected chi connectivity index (χ4v) is 4.35. The van der Waals surface area contributed by atoms with Crippen LogP contribution < -0.4 is 5.32 Å². The Kier molecular flexibility index (Phi) is 3.67. The summed E-state index contributed by atoms with van der Waals surface area (Å²) in [4.78, 5) is 12.1. The third kappa shape index (κ3) is 3.15. The Morgan fingerprint density at radius 3 is 2.26 bits per heavy atom. The van der Waals surface area contributed by atoms with Gasteiger partial charge in [-0.05, 0) is 38.3 Å². The highest BCUT2D eigenvalue weighted by Crippen LogP contribution is 2.25. The predicted molar refractivity (Wildman–Crippen MR) is 76.0 cm³/mol. The number of rotatable bonds is 2. The van der Waals surface area contributed by atoms with Gasteiger partial charge in [0, 0.05) is 5.69 Å². The number of hydrogen-bond acceptors (Lipinski definition) is 3. The highest BCUT2D eigenvalue weighted by molar-refractivity contribution is 7.91. The summed E-state index contributed by atoms with van der Waals surface area (Å²) in [5.74, 6) is -0.499. The van der Waals surface area contributed by atoms with Crippen LogP contribution in [0.25, 0.3) is 0 Å². The summed E-state index contributed by atoms with van der Waals surface area (Å²) in [7, 11) is -3.02. The Morgan fingerprint density at radius 1 is 1.21 bits per heavy atom. The minimum absolute atomic E-state index is 0.0250. The van der Waals surface area contributed by atoms with Crippen molar-refractivity contribution in [3.05, 3.63) is 28.8 Å². The van der Waals surface area contributed by atoms with E-state index in [0.717, 1.165) is 22.4 Å². The lowest BCUT2D eigenvalue weighted by Gasteiger charge is -2.15. The van der Waals surface area contributed by atoms with Crippen molar-refractivity contribution in [2.24, 2.45) is 5.92 Å². The molecule has 1 atom stereocenters. The van der Waals surface area contributed by atoms with Crippen LogP contribution in [0, 0.1) is 26.7 Å². The molecule has 0 aromatic heterocycles. The van der Waals surface area contributed by atoms with Crippen molar-refractivity contribution in [2.45, 2.75) is 27.2 Å². The maximum atomic E-state index is 12.1. The summed E-state index contributed by atoms with van der Waals surface area (Å²) < 4.78 is 22.8. The second kappa shape index (κ2) is 4.96. The number of anilines is 1. The third-order valence-corrected chi connectivity index (χ3v) is 5.30. The molecule has 0 bridgehead atoms. The Hall–Kier alpha value is -1.36. The zero-order chi connectivity index (χ0) is 14.2. The molecule has 0 saturated carbocycles. The van der Waals surface area contributed by atoms with Crippen molar-refractivity contribution in [1.82, 2.24) is 0 Å². The average Bonchev–Trinajstić information content (AvgIpc) is 2.64. The lowest BCUT2D eigenvalue weighted by molar-refractivity contribution is -0.119. The fourth-order valence-electron chi connectivity index (χ4n) is 2.60. The molecular weight excluding hydrogens is 262 g/mol. The van der Waals surface area contributed by atoms with Crippen LogP contribution >= 0.6 is 0 Å². The Bertz CT molecular complexity index is 597. The highest BCUT2D eigenvalue weighted by atomic mass is 32.2. The molecule has 2 rings (SSSR count). The molecule has 1 aromatic carbocycles. The largest absolute Gasteiger partial charge is 0.325 e. The van der Waals surface area contributed by atoms with Crippen LogP contribution in [0.2, 0.25) is 0 Å². The molecule has 5 heteroatoms. The van der Waals surface area contributed by atoms with Gasteiger partial charge in [-0.1, -0.05) is 17.7 Å². The number of hydrogen-bond donors (Lipinski definition) is 1. The smallest absolute Gasteiger partial charge is 0.228 e. The first-order chi connectivity index (χ1) is 8.78. The molecule has 0 radical (unpaired) electrons. The molecule has 1 aliphatic heterocycles. The zero-order valence-electron chi connectivity index (χ0n) is 11.5. The number of aryl methyl sites for hydroxylation is 3.